The topological polar surface area (TPSA) is 26.0 Å². The van der Waals surface area contributed by atoms with E-state index in [1.807, 2.05) is 19.1 Å². The fourth-order valence-electron chi connectivity index (χ4n) is 3.08. The van der Waals surface area contributed by atoms with Gasteiger partial charge < -0.3 is 5.73 Å². The van der Waals surface area contributed by atoms with Crippen molar-refractivity contribution >= 4 is 0 Å². The summed E-state index contributed by atoms with van der Waals surface area (Å²) in [7, 11) is 0. The molecule has 98 valence electrons. The van der Waals surface area contributed by atoms with Crippen LogP contribution in [0.2, 0.25) is 0 Å². The van der Waals surface area contributed by atoms with E-state index in [0.717, 1.165) is 18.4 Å². The SMILES string of the molecule is Cc1cc(F)ccc1CC1Cc2ccccc2C1N. The van der Waals surface area contributed by atoms with Gasteiger partial charge in [0.25, 0.3) is 0 Å². The van der Waals surface area contributed by atoms with E-state index in [1.165, 1.54) is 22.8 Å². The summed E-state index contributed by atoms with van der Waals surface area (Å²) in [6.07, 6.45) is 1.94. The van der Waals surface area contributed by atoms with E-state index in [1.54, 1.807) is 6.07 Å². The highest BCUT2D eigenvalue weighted by atomic mass is 19.1. The fourth-order valence-corrected chi connectivity index (χ4v) is 3.08. The quantitative estimate of drug-likeness (QED) is 0.872. The van der Waals surface area contributed by atoms with Crippen molar-refractivity contribution in [2.45, 2.75) is 25.8 Å². The van der Waals surface area contributed by atoms with Crippen LogP contribution < -0.4 is 5.73 Å². The van der Waals surface area contributed by atoms with Gasteiger partial charge >= 0.3 is 0 Å². The third-order valence-corrected chi connectivity index (χ3v) is 4.19. The lowest BCUT2D eigenvalue weighted by Gasteiger charge is -2.17. The van der Waals surface area contributed by atoms with Gasteiger partial charge in [-0.3, -0.25) is 0 Å². The summed E-state index contributed by atoms with van der Waals surface area (Å²) in [4.78, 5) is 0. The molecule has 2 atom stereocenters. The highest BCUT2D eigenvalue weighted by Crippen LogP contribution is 2.36. The predicted octanol–water partition coefficient (Wildman–Crippen LogP) is 3.55. The van der Waals surface area contributed by atoms with Gasteiger partial charge in [-0.15, -0.1) is 0 Å². The molecule has 0 fully saturated rings. The molecule has 0 saturated carbocycles. The van der Waals surface area contributed by atoms with Crippen LogP contribution in [0, 0.1) is 18.7 Å². The van der Waals surface area contributed by atoms with Crippen LogP contribution in [0.1, 0.15) is 28.3 Å². The minimum Gasteiger partial charge on any atom is -0.324 e. The fraction of sp³-hybridized carbons (Fsp3) is 0.294. The summed E-state index contributed by atoms with van der Waals surface area (Å²) in [5.41, 5.74) is 11.2. The van der Waals surface area contributed by atoms with Crippen molar-refractivity contribution in [1.82, 2.24) is 0 Å². The Bertz CT molecular complexity index is 606. The maximum Gasteiger partial charge on any atom is 0.123 e. The lowest BCUT2D eigenvalue weighted by atomic mass is 9.91. The number of rotatable bonds is 2. The summed E-state index contributed by atoms with van der Waals surface area (Å²) in [5, 5.41) is 0. The van der Waals surface area contributed by atoms with Crippen molar-refractivity contribution < 1.29 is 4.39 Å². The van der Waals surface area contributed by atoms with Crippen LogP contribution in [0.4, 0.5) is 4.39 Å². The van der Waals surface area contributed by atoms with Gasteiger partial charge in [-0.1, -0.05) is 30.3 Å². The molecule has 0 amide bonds. The zero-order valence-electron chi connectivity index (χ0n) is 11.1. The van der Waals surface area contributed by atoms with Crippen molar-refractivity contribution in [3.05, 3.63) is 70.5 Å². The maximum absolute atomic E-state index is 13.1. The van der Waals surface area contributed by atoms with Crippen LogP contribution in [0.25, 0.3) is 0 Å². The molecule has 2 N–H and O–H groups in total. The van der Waals surface area contributed by atoms with E-state index in [0.29, 0.717) is 5.92 Å². The molecule has 0 heterocycles. The summed E-state index contributed by atoms with van der Waals surface area (Å²) in [6.45, 7) is 1.96. The highest BCUT2D eigenvalue weighted by Gasteiger charge is 2.29. The van der Waals surface area contributed by atoms with Crippen molar-refractivity contribution in [1.29, 1.82) is 0 Å². The third kappa shape index (κ3) is 2.28. The average Bonchev–Trinajstić information content (AvgIpc) is 2.70. The van der Waals surface area contributed by atoms with Gasteiger partial charge in [0.1, 0.15) is 5.82 Å². The van der Waals surface area contributed by atoms with Gasteiger partial charge in [0.05, 0.1) is 0 Å². The van der Waals surface area contributed by atoms with Crippen LogP contribution in [0.3, 0.4) is 0 Å². The van der Waals surface area contributed by atoms with Gasteiger partial charge in [-0.05, 0) is 60.1 Å². The molecular formula is C17H18FN. The molecule has 2 aromatic carbocycles. The Morgan fingerprint density at radius 1 is 1.21 bits per heavy atom. The van der Waals surface area contributed by atoms with Crippen LogP contribution in [-0.2, 0) is 12.8 Å². The average molecular weight is 255 g/mol. The van der Waals surface area contributed by atoms with Gasteiger partial charge in [-0.25, -0.2) is 4.39 Å². The summed E-state index contributed by atoms with van der Waals surface area (Å²) in [5.74, 6) is 0.252. The second kappa shape index (κ2) is 4.78. The Hall–Kier alpha value is -1.67. The van der Waals surface area contributed by atoms with E-state index in [-0.39, 0.29) is 11.9 Å². The first-order chi connectivity index (χ1) is 9.15. The lowest BCUT2D eigenvalue weighted by molar-refractivity contribution is 0.463. The van der Waals surface area contributed by atoms with E-state index >= 15 is 0 Å². The maximum atomic E-state index is 13.1. The number of benzene rings is 2. The van der Waals surface area contributed by atoms with E-state index < -0.39 is 0 Å². The number of fused-ring (bicyclic) bond motifs is 1. The van der Waals surface area contributed by atoms with Crippen molar-refractivity contribution in [3.8, 4) is 0 Å². The third-order valence-electron chi connectivity index (χ3n) is 4.19. The van der Waals surface area contributed by atoms with Crippen molar-refractivity contribution in [3.63, 3.8) is 0 Å². The van der Waals surface area contributed by atoms with Gasteiger partial charge in [-0.2, -0.15) is 0 Å². The molecule has 0 saturated heterocycles. The Kier molecular flexibility index (Phi) is 3.11. The number of halogens is 1. The molecule has 1 nitrogen and oxygen atoms in total. The van der Waals surface area contributed by atoms with E-state index in [9.17, 15) is 4.39 Å². The lowest BCUT2D eigenvalue weighted by Crippen LogP contribution is -2.19. The Labute approximate surface area is 113 Å². The molecule has 0 radical (unpaired) electrons. The largest absolute Gasteiger partial charge is 0.324 e. The normalized spacial score (nSPS) is 21.4. The van der Waals surface area contributed by atoms with Crippen molar-refractivity contribution in [2.24, 2.45) is 11.7 Å². The summed E-state index contributed by atoms with van der Waals surface area (Å²) < 4.78 is 13.1. The van der Waals surface area contributed by atoms with Crippen molar-refractivity contribution in [2.75, 3.05) is 0 Å². The monoisotopic (exact) mass is 255 g/mol. The summed E-state index contributed by atoms with van der Waals surface area (Å²) in [6, 6.07) is 13.5. The minimum absolute atomic E-state index is 0.0978. The summed E-state index contributed by atoms with van der Waals surface area (Å²) >= 11 is 0. The molecule has 0 bridgehead atoms. The predicted molar refractivity (Wildman–Crippen MR) is 75.4 cm³/mol. The van der Waals surface area contributed by atoms with Crippen LogP contribution in [-0.4, -0.2) is 0 Å². The molecule has 1 aliphatic carbocycles. The Morgan fingerprint density at radius 2 is 2.00 bits per heavy atom. The van der Waals surface area contributed by atoms with Crippen LogP contribution >= 0.6 is 0 Å². The Morgan fingerprint density at radius 3 is 2.74 bits per heavy atom. The van der Waals surface area contributed by atoms with Gasteiger partial charge in [0.2, 0.25) is 0 Å². The van der Waals surface area contributed by atoms with Gasteiger partial charge in [0.15, 0.2) is 0 Å². The molecule has 2 heteroatoms. The highest BCUT2D eigenvalue weighted by molar-refractivity contribution is 5.37. The van der Waals surface area contributed by atoms with E-state index in [2.05, 4.69) is 18.2 Å². The molecule has 0 aliphatic heterocycles. The standard InChI is InChI=1S/C17H18FN/c1-11-8-15(18)7-6-12(11)9-14-10-13-4-2-3-5-16(13)17(14)19/h2-8,14,17H,9-10,19H2,1H3. The first kappa shape index (κ1) is 12.4. The van der Waals surface area contributed by atoms with Gasteiger partial charge in [0, 0.05) is 6.04 Å². The Balaban J connectivity index is 1.83. The zero-order chi connectivity index (χ0) is 13.4. The second-order valence-electron chi connectivity index (χ2n) is 5.46. The van der Waals surface area contributed by atoms with Crippen LogP contribution in [0.15, 0.2) is 42.5 Å². The first-order valence-corrected chi connectivity index (χ1v) is 6.73. The first-order valence-electron chi connectivity index (χ1n) is 6.73. The smallest absolute Gasteiger partial charge is 0.123 e. The molecule has 3 rings (SSSR count). The molecular weight excluding hydrogens is 237 g/mol. The molecule has 0 spiro atoms. The molecule has 1 aliphatic rings. The molecule has 2 unspecified atom stereocenters. The molecule has 0 aromatic heterocycles. The number of nitrogens with two attached hydrogens (primary N) is 1. The number of hydrogen-bond acceptors (Lipinski definition) is 1. The number of hydrogen-bond donors (Lipinski definition) is 1. The zero-order valence-corrected chi connectivity index (χ0v) is 11.1. The number of aryl methyl sites for hydroxylation is 1. The molecule has 19 heavy (non-hydrogen) atoms. The second-order valence-corrected chi connectivity index (χ2v) is 5.46. The van der Waals surface area contributed by atoms with Crippen LogP contribution in [0.5, 0.6) is 0 Å². The van der Waals surface area contributed by atoms with E-state index in [4.69, 9.17) is 5.73 Å². The minimum atomic E-state index is -0.166. The molecule has 2 aromatic rings.